The Bertz CT molecular complexity index is 777. The first-order valence-corrected chi connectivity index (χ1v) is 9.04. The molecule has 4 N–H and O–H groups in total. The van der Waals surface area contributed by atoms with Crippen LogP contribution < -0.4 is 21.3 Å². The summed E-state index contributed by atoms with van der Waals surface area (Å²) in [6.45, 7) is -0.575. The molecule has 4 amide bonds. The Hall–Kier alpha value is -2.85. The Kier molecular flexibility index (Phi) is 7.40. The second kappa shape index (κ2) is 9.57. The molecule has 1 aliphatic carbocycles. The van der Waals surface area contributed by atoms with E-state index in [2.05, 4.69) is 16.0 Å². The van der Waals surface area contributed by atoms with E-state index in [1.165, 1.54) is 6.92 Å². The van der Waals surface area contributed by atoms with Crippen LogP contribution in [0.4, 0.5) is 28.0 Å². The van der Waals surface area contributed by atoms with Gasteiger partial charge in [0.1, 0.15) is 12.4 Å². The molecule has 0 heterocycles. The van der Waals surface area contributed by atoms with E-state index in [1.807, 2.05) is 0 Å². The van der Waals surface area contributed by atoms with Crippen molar-refractivity contribution in [1.29, 1.82) is 0 Å². The van der Waals surface area contributed by atoms with Gasteiger partial charge in [0, 0.05) is 22.9 Å². The van der Waals surface area contributed by atoms with Crippen molar-refractivity contribution in [3.8, 4) is 0 Å². The summed E-state index contributed by atoms with van der Waals surface area (Å²) in [4.78, 5) is 35.5. The number of carbonyl (C=O) groups excluding carboxylic acids is 3. The van der Waals surface area contributed by atoms with Crippen LogP contribution in [0.1, 0.15) is 41.6 Å². The lowest BCUT2D eigenvalue weighted by Gasteiger charge is -2.14. The molecule has 0 saturated heterocycles. The van der Waals surface area contributed by atoms with Crippen molar-refractivity contribution in [1.82, 2.24) is 16.0 Å². The minimum atomic E-state index is -4.60. The average Bonchev–Trinajstić information content (AvgIpc) is 3.12. The number of urea groups is 1. The van der Waals surface area contributed by atoms with Gasteiger partial charge in [-0.3, -0.25) is 14.9 Å². The van der Waals surface area contributed by atoms with Crippen LogP contribution in [0.25, 0.3) is 0 Å². The standard InChI is InChI=1S/C18H22F4N4O3/c1-10-13(19)6-11(16(28)24-9-18(20,21)22)7-14(10)23-8-15(27)26-17(29)25-12-4-2-3-5-12/h6-7,12,23H,2-5,8-9H2,1H3,(H,24,28)(H2,25,26,27,29). The zero-order valence-electron chi connectivity index (χ0n) is 15.7. The predicted molar refractivity (Wildman–Crippen MR) is 96.9 cm³/mol. The molecule has 0 spiro atoms. The van der Waals surface area contributed by atoms with E-state index < -0.39 is 42.9 Å². The fraction of sp³-hybridized carbons (Fsp3) is 0.500. The van der Waals surface area contributed by atoms with Crippen LogP contribution in [-0.2, 0) is 4.79 Å². The van der Waals surface area contributed by atoms with E-state index in [-0.39, 0.29) is 22.9 Å². The Morgan fingerprint density at radius 2 is 1.79 bits per heavy atom. The summed E-state index contributed by atoms with van der Waals surface area (Å²) >= 11 is 0. The van der Waals surface area contributed by atoms with Gasteiger partial charge in [-0.25, -0.2) is 9.18 Å². The van der Waals surface area contributed by atoms with Gasteiger partial charge in [-0.2, -0.15) is 13.2 Å². The van der Waals surface area contributed by atoms with Crippen molar-refractivity contribution >= 4 is 23.5 Å². The topological polar surface area (TPSA) is 99.3 Å². The molecule has 0 atom stereocenters. The van der Waals surface area contributed by atoms with Gasteiger partial charge in [0.25, 0.3) is 5.91 Å². The monoisotopic (exact) mass is 418 g/mol. The first-order chi connectivity index (χ1) is 13.5. The maximum absolute atomic E-state index is 14.0. The van der Waals surface area contributed by atoms with Gasteiger partial charge in [0.15, 0.2) is 0 Å². The van der Waals surface area contributed by atoms with Gasteiger partial charge in [-0.1, -0.05) is 12.8 Å². The molecule has 7 nitrogen and oxygen atoms in total. The minimum absolute atomic E-state index is 0.0268. The molecule has 11 heteroatoms. The first-order valence-electron chi connectivity index (χ1n) is 9.04. The number of halogens is 4. The summed E-state index contributed by atoms with van der Waals surface area (Å²) in [6.07, 6.45) is -0.878. The van der Waals surface area contributed by atoms with Gasteiger partial charge in [-0.05, 0) is 31.9 Å². The molecule has 0 unspecified atom stereocenters. The highest BCUT2D eigenvalue weighted by Gasteiger charge is 2.28. The van der Waals surface area contributed by atoms with Gasteiger partial charge in [0.2, 0.25) is 5.91 Å². The Morgan fingerprint density at radius 3 is 2.41 bits per heavy atom. The van der Waals surface area contributed by atoms with Crippen molar-refractivity contribution in [2.75, 3.05) is 18.4 Å². The van der Waals surface area contributed by atoms with Crippen molar-refractivity contribution in [2.24, 2.45) is 0 Å². The predicted octanol–water partition coefficient (Wildman–Crippen LogP) is 2.61. The molecule has 1 aliphatic rings. The SMILES string of the molecule is Cc1c(F)cc(C(=O)NCC(F)(F)F)cc1NCC(=O)NC(=O)NC1CCCC1. The van der Waals surface area contributed by atoms with Gasteiger partial charge < -0.3 is 16.0 Å². The molecule has 1 aromatic carbocycles. The van der Waals surface area contributed by atoms with Gasteiger partial charge in [-0.15, -0.1) is 0 Å². The number of anilines is 1. The second-order valence-electron chi connectivity index (χ2n) is 6.79. The van der Waals surface area contributed by atoms with Crippen LogP contribution in [0, 0.1) is 12.7 Å². The highest BCUT2D eigenvalue weighted by molar-refractivity contribution is 5.97. The lowest BCUT2D eigenvalue weighted by molar-refractivity contribution is -0.123. The summed E-state index contributed by atoms with van der Waals surface area (Å²) in [5, 5.41) is 9.04. The molecule has 29 heavy (non-hydrogen) atoms. The Labute approximate surface area is 164 Å². The molecular formula is C18H22F4N4O3. The van der Waals surface area contributed by atoms with Crippen molar-refractivity contribution < 1.29 is 31.9 Å². The summed E-state index contributed by atoms with van der Waals surface area (Å²) in [5.74, 6) is -2.62. The third-order valence-electron chi connectivity index (χ3n) is 4.44. The molecule has 0 radical (unpaired) electrons. The van der Waals surface area contributed by atoms with Crippen LogP contribution in [-0.4, -0.2) is 43.2 Å². The fourth-order valence-electron chi connectivity index (χ4n) is 2.91. The molecule has 1 fully saturated rings. The highest BCUT2D eigenvalue weighted by Crippen LogP contribution is 2.21. The van der Waals surface area contributed by atoms with Crippen molar-refractivity contribution in [3.63, 3.8) is 0 Å². The number of amides is 4. The van der Waals surface area contributed by atoms with E-state index in [4.69, 9.17) is 0 Å². The van der Waals surface area contributed by atoms with Crippen LogP contribution in [0.3, 0.4) is 0 Å². The average molecular weight is 418 g/mol. The Balaban J connectivity index is 1.93. The number of hydrogen-bond acceptors (Lipinski definition) is 4. The first kappa shape index (κ1) is 22.4. The van der Waals surface area contributed by atoms with Crippen molar-refractivity contribution in [3.05, 3.63) is 29.1 Å². The lowest BCUT2D eigenvalue weighted by atomic mass is 10.1. The number of nitrogens with one attached hydrogen (secondary N) is 4. The van der Waals surface area contributed by atoms with Gasteiger partial charge >= 0.3 is 12.2 Å². The number of benzene rings is 1. The van der Waals surface area contributed by atoms with Crippen LogP contribution in [0.2, 0.25) is 0 Å². The number of imide groups is 1. The zero-order chi connectivity index (χ0) is 21.6. The highest BCUT2D eigenvalue weighted by atomic mass is 19.4. The molecule has 160 valence electrons. The molecule has 0 aliphatic heterocycles. The minimum Gasteiger partial charge on any atom is -0.376 e. The van der Waals surface area contributed by atoms with Crippen LogP contribution >= 0.6 is 0 Å². The largest absolute Gasteiger partial charge is 0.405 e. The molecular weight excluding hydrogens is 396 g/mol. The number of alkyl halides is 3. The van der Waals surface area contributed by atoms with Crippen LogP contribution in [0.5, 0.6) is 0 Å². The Morgan fingerprint density at radius 1 is 1.14 bits per heavy atom. The second-order valence-corrected chi connectivity index (χ2v) is 6.79. The summed E-state index contributed by atoms with van der Waals surface area (Å²) in [7, 11) is 0. The zero-order valence-corrected chi connectivity index (χ0v) is 15.7. The van der Waals surface area contributed by atoms with Crippen LogP contribution in [0.15, 0.2) is 12.1 Å². The smallest absolute Gasteiger partial charge is 0.376 e. The maximum atomic E-state index is 14.0. The summed E-state index contributed by atoms with van der Waals surface area (Å²) in [6, 6.07) is 1.34. The number of carbonyl (C=O) groups is 3. The fourth-order valence-corrected chi connectivity index (χ4v) is 2.91. The third-order valence-corrected chi connectivity index (χ3v) is 4.44. The maximum Gasteiger partial charge on any atom is 0.405 e. The van der Waals surface area contributed by atoms with E-state index >= 15 is 0 Å². The third kappa shape index (κ3) is 7.24. The van der Waals surface area contributed by atoms with E-state index in [9.17, 15) is 31.9 Å². The molecule has 2 rings (SSSR count). The molecule has 1 saturated carbocycles. The van der Waals surface area contributed by atoms with Crippen molar-refractivity contribution in [2.45, 2.75) is 44.8 Å². The molecule has 0 aromatic heterocycles. The number of hydrogen-bond donors (Lipinski definition) is 4. The number of rotatable bonds is 6. The summed E-state index contributed by atoms with van der Waals surface area (Å²) < 4.78 is 50.7. The lowest BCUT2D eigenvalue weighted by Crippen LogP contribution is -2.45. The quantitative estimate of drug-likeness (QED) is 0.534. The summed E-state index contributed by atoms with van der Waals surface area (Å²) in [5.41, 5.74) is -0.215. The van der Waals surface area contributed by atoms with E-state index in [1.54, 1.807) is 5.32 Å². The van der Waals surface area contributed by atoms with E-state index in [0.29, 0.717) is 0 Å². The van der Waals surface area contributed by atoms with Gasteiger partial charge in [0.05, 0.1) is 6.54 Å². The van der Waals surface area contributed by atoms with E-state index in [0.717, 1.165) is 37.8 Å². The molecule has 1 aromatic rings. The normalized spacial score (nSPS) is 14.4. The molecule has 0 bridgehead atoms.